The van der Waals surface area contributed by atoms with Crippen molar-refractivity contribution in [1.82, 2.24) is 4.98 Å². The maximum Gasteiger partial charge on any atom is 0.180 e. The van der Waals surface area contributed by atoms with E-state index in [9.17, 15) is 8.42 Å². The lowest BCUT2D eigenvalue weighted by Crippen LogP contribution is -2.02. The summed E-state index contributed by atoms with van der Waals surface area (Å²) in [5, 5.41) is 0.513. The highest BCUT2D eigenvalue weighted by atomic mass is 32.2. The van der Waals surface area contributed by atoms with Crippen LogP contribution in [0.4, 0.5) is 5.13 Å². The SMILES string of the molecule is Nc1ncc(C2CCS(=O)(=O)C2)s1. The Kier molecular flexibility index (Phi) is 2.03. The summed E-state index contributed by atoms with van der Waals surface area (Å²) in [6.45, 7) is 0. The molecule has 1 aromatic rings. The van der Waals surface area contributed by atoms with Crippen LogP contribution in [0.25, 0.3) is 0 Å². The molecule has 0 amide bonds. The number of anilines is 1. The van der Waals surface area contributed by atoms with Gasteiger partial charge >= 0.3 is 0 Å². The molecule has 2 heterocycles. The van der Waals surface area contributed by atoms with Gasteiger partial charge in [0.2, 0.25) is 0 Å². The van der Waals surface area contributed by atoms with Crippen LogP contribution in [-0.4, -0.2) is 24.9 Å². The standard InChI is InChI=1S/C7H10N2O2S2/c8-7-9-3-6(12-7)5-1-2-13(10,11)4-5/h3,5H,1-2,4H2,(H2,8,9). The number of nitrogens with zero attached hydrogens (tertiary/aromatic N) is 1. The van der Waals surface area contributed by atoms with E-state index in [-0.39, 0.29) is 11.7 Å². The summed E-state index contributed by atoms with van der Waals surface area (Å²) in [5.74, 6) is 0.684. The number of hydrogen-bond donors (Lipinski definition) is 1. The molecule has 2 N–H and O–H groups in total. The lowest BCUT2D eigenvalue weighted by molar-refractivity contribution is 0.601. The molecule has 0 bridgehead atoms. The van der Waals surface area contributed by atoms with Crippen molar-refractivity contribution in [3.8, 4) is 0 Å². The summed E-state index contributed by atoms with van der Waals surface area (Å²) in [6, 6.07) is 0. The topological polar surface area (TPSA) is 73.0 Å². The summed E-state index contributed by atoms with van der Waals surface area (Å²) < 4.78 is 22.3. The van der Waals surface area contributed by atoms with E-state index in [1.807, 2.05) is 0 Å². The highest BCUT2D eigenvalue weighted by molar-refractivity contribution is 7.91. The van der Waals surface area contributed by atoms with E-state index in [1.54, 1.807) is 6.20 Å². The third-order valence-corrected chi connectivity index (χ3v) is 4.93. The summed E-state index contributed by atoms with van der Waals surface area (Å²) in [5.41, 5.74) is 5.47. The van der Waals surface area contributed by atoms with Gasteiger partial charge in [-0.2, -0.15) is 0 Å². The molecule has 1 fully saturated rings. The van der Waals surface area contributed by atoms with Gasteiger partial charge in [0.15, 0.2) is 15.0 Å². The van der Waals surface area contributed by atoms with Crippen molar-refractivity contribution in [2.45, 2.75) is 12.3 Å². The minimum atomic E-state index is -2.80. The Morgan fingerprint density at radius 1 is 1.62 bits per heavy atom. The number of nitrogens with two attached hydrogens (primary N) is 1. The van der Waals surface area contributed by atoms with Crippen molar-refractivity contribution in [3.63, 3.8) is 0 Å². The Bertz CT molecular complexity index is 410. The highest BCUT2D eigenvalue weighted by Crippen LogP contribution is 2.32. The van der Waals surface area contributed by atoms with Gasteiger partial charge in [-0.15, -0.1) is 11.3 Å². The van der Waals surface area contributed by atoms with Crippen molar-refractivity contribution in [2.24, 2.45) is 0 Å². The average Bonchev–Trinajstić information content (AvgIpc) is 2.56. The molecule has 1 atom stereocenters. The van der Waals surface area contributed by atoms with Gasteiger partial charge in [0, 0.05) is 17.0 Å². The van der Waals surface area contributed by atoms with Gasteiger partial charge in [-0.1, -0.05) is 0 Å². The van der Waals surface area contributed by atoms with E-state index >= 15 is 0 Å². The molecule has 0 spiro atoms. The zero-order chi connectivity index (χ0) is 9.47. The first-order valence-electron chi connectivity index (χ1n) is 3.98. The number of rotatable bonds is 1. The number of aromatic nitrogens is 1. The monoisotopic (exact) mass is 218 g/mol. The van der Waals surface area contributed by atoms with Crippen molar-refractivity contribution in [1.29, 1.82) is 0 Å². The fraction of sp³-hybridized carbons (Fsp3) is 0.571. The molecule has 4 nitrogen and oxygen atoms in total. The molecule has 1 aromatic heterocycles. The Balaban J connectivity index is 2.21. The van der Waals surface area contributed by atoms with Gasteiger partial charge in [-0.05, 0) is 6.42 Å². The Hall–Kier alpha value is -0.620. The van der Waals surface area contributed by atoms with E-state index in [0.29, 0.717) is 17.3 Å². The Morgan fingerprint density at radius 3 is 2.85 bits per heavy atom. The highest BCUT2D eigenvalue weighted by Gasteiger charge is 2.30. The molecular formula is C7H10N2O2S2. The third kappa shape index (κ3) is 1.83. The van der Waals surface area contributed by atoms with Crippen molar-refractivity contribution >= 4 is 26.3 Å². The van der Waals surface area contributed by atoms with E-state index in [0.717, 1.165) is 4.88 Å². The first-order chi connectivity index (χ1) is 6.07. The summed E-state index contributed by atoms with van der Waals surface area (Å²) in [7, 11) is -2.80. The number of sulfone groups is 1. The molecule has 1 aliphatic heterocycles. The second-order valence-corrected chi connectivity index (χ2v) is 6.52. The predicted molar refractivity (Wildman–Crippen MR) is 52.5 cm³/mol. The van der Waals surface area contributed by atoms with E-state index in [2.05, 4.69) is 4.98 Å². The zero-order valence-electron chi connectivity index (χ0n) is 6.93. The quantitative estimate of drug-likeness (QED) is 0.750. The normalized spacial score (nSPS) is 26.3. The van der Waals surface area contributed by atoms with Gasteiger partial charge in [-0.25, -0.2) is 13.4 Å². The first kappa shape index (κ1) is 8.96. The van der Waals surface area contributed by atoms with E-state index < -0.39 is 9.84 Å². The Labute approximate surface area is 80.7 Å². The molecule has 0 aliphatic carbocycles. The van der Waals surface area contributed by atoms with Crippen LogP contribution < -0.4 is 5.73 Å². The second-order valence-electron chi connectivity index (χ2n) is 3.20. The second kappa shape index (κ2) is 2.95. The smallest absolute Gasteiger partial charge is 0.180 e. The van der Waals surface area contributed by atoms with Gasteiger partial charge in [-0.3, -0.25) is 0 Å². The fourth-order valence-corrected chi connectivity index (χ4v) is 4.20. The lowest BCUT2D eigenvalue weighted by Gasteiger charge is -2.00. The molecule has 0 radical (unpaired) electrons. The maximum atomic E-state index is 11.2. The number of hydrogen-bond acceptors (Lipinski definition) is 5. The summed E-state index contributed by atoms with van der Waals surface area (Å²) >= 11 is 1.39. The lowest BCUT2D eigenvalue weighted by atomic mass is 10.1. The van der Waals surface area contributed by atoms with E-state index in [4.69, 9.17) is 5.73 Å². The van der Waals surface area contributed by atoms with E-state index in [1.165, 1.54) is 11.3 Å². The maximum absolute atomic E-state index is 11.2. The molecule has 13 heavy (non-hydrogen) atoms. The van der Waals surface area contributed by atoms with Gasteiger partial charge < -0.3 is 5.73 Å². The van der Waals surface area contributed by atoms with Crippen LogP contribution in [0.1, 0.15) is 17.2 Å². The van der Waals surface area contributed by atoms with Crippen LogP contribution in [-0.2, 0) is 9.84 Å². The van der Waals surface area contributed by atoms with Crippen LogP contribution in [0.2, 0.25) is 0 Å². The molecular weight excluding hydrogens is 208 g/mol. The van der Waals surface area contributed by atoms with Crippen molar-refractivity contribution in [3.05, 3.63) is 11.1 Å². The number of thiazole rings is 1. The number of nitrogen functional groups attached to an aromatic ring is 1. The molecule has 1 saturated heterocycles. The molecule has 6 heteroatoms. The minimum Gasteiger partial charge on any atom is -0.375 e. The van der Waals surface area contributed by atoms with Crippen molar-refractivity contribution < 1.29 is 8.42 Å². The van der Waals surface area contributed by atoms with Crippen LogP contribution in [0.5, 0.6) is 0 Å². The predicted octanol–water partition coefficient (Wildman–Crippen LogP) is 0.627. The first-order valence-corrected chi connectivity index (χ1v) is 6.62. The summed E-state index contributed by atoms with van der Waals surface area (Å²) in [4.78, 5) is 4.91. The molecule has 72 valence electrons. The molecule has 0 saturated carbocycles. The van der Waals surface area contributed by atoms with Gasteiger partial charge in [0.25, 0.3) is 0 Å². The molecule has 0 aromatic carbocycles. The van der Waals surface area contributed by atoms with Gasteiger partial charge in [0.05, 0.1) is 11.5 Å². The van der Waals surface area contributed by atoms with Crippen molar-refractivity contribution in [2.75, 3.05) is 17.2 Å². The fourth-order valence-electron chi connectivity index (χ4n) is 1.51. The van der Waals surface area contributed by atoms with Crippen LogP contribution in [0.15, 0.2) is 6.20 Å². The minimum absolute atomic E-state index is 0.125. The zero-order valence-corrected chi connectivity index (χ0v) is 8.57. The van der Waals surface area contributed by atoms with Crippen LogP contribution in [0, 0.1) is 0 Å². The molecule has 2 rings (SSSR count). The Morgan fingerprint density at radius 2 is 2.38 bits per heavy atom. The molecule has 1 aliphatic rings. The average molecular weight is 218 g/mol. The third-order valence-electron chi connectivity index (χ3n) is 2.18. The largest absolute Gasteiger partial charge is 0.375 e. The van der Waals surface area contributed by atoms with Gasteiger partial charge in [0.1, 0.15) is 0 Å². The van der Waals surface area contributed by atoms with Crippen LogP contribution >= 0.6 is 11.3 Å². The van der Waals surface area contributed by atoms with Crippen LogP contribution in [0.3, 0.4) is 0 Å². The molecule has 1 unspecified atom stereocenters. The summed E-state index contributed by atoms with van der Waals surface area (Å²) in [6.07, 6.45) is 2.40.